The first-order valence-corrected chi connectivity index (χ1v) is 6.14. The fourth-order valence-corrected chi connectivity index (χ4v) is 3.24. The van der Waals surface area contributed by atoms with Gasteiger partial charge in [0.1, 0.15) is 0 Å². The summed E-state index contributed by atoms with van der Waals surface area (Å²) in [7, 11) is 0. The van der Waals surface area contributed by atoms with E-state index < -0.39 is 11.7 Å². The third-order valence-corrected chi connectivity index (χ3v) is 4.19. The van der Waals surface area contributed by atoms with Gasteiger partial charge in [0.15, 0.2) is 0 Å². The van der Waals surface area contributed by atoms with Crippen molar-refractivity contribution in [3.05, 3.63) is 0 Å². The molecule has 2 aliphatic rings. The maximum Gasteiger partial charge on any atom is 0.0933 e. The molecule has 2 aliphatic carbocycles. The summed E-state index contributed by atoms with van der Waals surface area (Å²) in [5.41, 5.74) is -0.737. The highest BCUT2D eigenvalue weighted by Gasteiger charge is 2.44. The number of hydrogen-bond donors (Lipinski definition) is 2. The highest BCUT2D eigenvalue weighted by molar-refractivity contribution is 4.96. The Balaban J connectivity index is 2.03. The molecule has 0 aromatic heterocycles. The topological polar surface area (TPSA) is 40.5 Å². The van der Waals surface area contributed by atoms with Crippen molar-refractivity contribution in [3.8, 4) is 0 Å². The van der Waals surface area contributed by atoms with Crippen molar-refractivity contribution in [1.29, 1.82) is 0 Å². The Morgan fingerprint density at radius 1 is 0.857 bits per heavy atom. The summed E-state index contributed by atoms with van der Waals surface area (Å²) in [6.45, 7) is 0. The van der Waals surface area contributed by atoms with Crippen LogP contribution in [0, 0.1) is 5.92 Å². The van der Waals surface area contributed by atoms with Gasteiger partial charge in [-0.1, -0.05) is 32.1 Å². The van der Waals surface area contributed by atoms with E-state index in [1.165, 1.54) is 19.3 Å². The molecule has 0 spiro atoms. The minimum atomic E-state index is -0.737. The molecule has 0 aromatic carbocycles. The molecule has 2 unspecified atom stereocenters. The van der Waals surface area contributed by atoms with Gasteiger partial charge in [0.05, 0.1) is 11.7 Å². The van der Waals surface area contributed by atoms with Crippen LogP contribution < -0.4 is 0 Å². The van der Waals surface area contributed by atoms with E-state index in [9.17, 15) is 10.2 Å². The van der Waals surface area contributed by atoms with Crippen LogP contribution >= 0.6 is 0 Å². The van der Waals surface area contributed by atoms with Gasteiger partial charge in [-0.2, -0.15) is 0 Å². The lowest BCUT2D eigenvalue weighted by Gasteiger charge is -2.44. The van der Waals surface area contributed by atoms with Gasteiger partial charge in [-0.3, -0.25) is 0 Å². The molecule has 2 atom stereocenters. The van der Waals surface area contributed by atoms with Gasteiger partial charge in [0, 0.05) is 0 Å². The Labute approximate surface area is 86.3 Å². The Morgan fingerprint density at radius 3 is 2.14 bits per heavy atom. The molecule has 14 heavy (non-hydrogen) atoms. The lowest BCUT2D eigenvalue weighted by atomic mass is 9.68. The molecule has 2 rings (SSSR count). The molecule has 0 saturated heterocycles. The third-order valence-electron chi connectivity index (χ3n) is 4.19. The van der Waals surface area contributed by atoms with E-state index in [-0.39, 0.29) is 0 Å². The lowest BCUT2D eigenvalue weighted by Crippen LogP contribution is -2.51. The Kier molecular flexibility index (Phi) is 3.13. The summed E-state index contributed by atoms with van der Waals surface area (Å²) < 4.78 is 0. The second-order valence-electron chi connectivity index (χ2n) is 5.09. The molecule has 2 saturated carbocycles. The minimum absolute atomic E-state index is 0.367. The summed E-state index contributed by atoms with van der Waals surface area (Å²) >= 11 is 0. The molecule has 0 heterocycles. The smallest absolute Gasteiger partial charge is 0.0933 e. The lowest BCUT2D eigenvalue weighted by molar-refractivity contribution is -0.143. The Hall–Kier alpha value is -0.0800. The first-order chi connectivity index (χ1) is 6.73. The molecule has 2 nitrogen and oxygen atoms in total. The van der Waals surface area contributed by atoms with Gasteiger partial charge in [-0.15, -0.1) is 0 Å². The van der Waals surface area contributed by atoms with Gasteiger partial charge in [0.2, 0.25) is 0 Å². The van der Waals surface area contributed by atoms with E-state index in [0.29, 0.717) is 5.92 Å². The van der Waals surface area contributed by atoms with E-state index in [4.69, 9.17) is 0 Å². The van der Waals surface area contributed by atoms with Crippen molar-refractivity contribution < 1.29 is 10.2 Å². The molecule has 0 aliphatic heterocycles. The predicted octanol–water partition coefficient (Wildman–Crippen LogP) is 2.23. The Morgan fingerprint density at radius 2 is 1.50 bits per heavy atom. The molecule has 82 valence electrons. The summed E-state index contributed by atoms with van der Waals surface area (Å²) in [5, 5.41) is 20.4. The van der Waals surface area contributed by atoms with Crippen LogP contribution in [0.4, 0.5) is 0 Å². The first-order valence-electron chi connectivity index (χ1n) is 6.14. The van der Waals surface area contributed by atoms with Crippen LogP contribution in [0.1, 0.15) is 57.8 Å². The predicted molar refractivity (Wildman–Crippen MR) is 56.0 cm³/mol. The van der Waals surface area contributed by atoms with Crippen molar-refractivity contribution in [2.75, 3.05) is 0 Å². The van der Waals surface area contributed by atoms with Crippen molar-refractivity contribution in [1.82, 2.24) is 0 Å². The zero-order valence-electron chi connectivity index (χ0n) is 8.91. The van der Waals surface area contributed by atoms with Crippen molar-refractivity contribution in [2.45, 2.75) is 69.5 Å². The van der Waals surface area contributed by atoms with Crippen LogP contribution in [0.15, 0.2) is 0 Å². The summed E-state index contributed by atoms with van der Waals surface area (Å²) in [6, 6.07) is 0. The van der Waals surface area contributed by atoms with Crippen molar-refractivity contribution >= 4 is 0 Å². The van der Waals surface area contributed by atoms with E-state index in [2.05, 4.69) is 0 Å². The largest absolute Gasteiger partial charge is 0.390 e. The zero-order valence-corrected chi connectivity index (χ0v) is 8.91. The maximum absolute atomic E-state index is 10.5. The molecular formula is C12H22O2. The van der Waals surface area contributed by atoms with Gasteiger partial charge in [-0.05, 0) is 31.6 Å². The second kappa shape index (κ2) is 4.19. The molecular weight excluding hydrogens is 176 g/mol. The van der Waals surface area contributed by atoms with E-state index >= 15 is 0 Å². The standard InChI is InChI=1S/C12H22O2/c13-11-8-4-5-9-12(11,14)10-6-2-1-3-7-10/h10-11,13-14H,1-9H2. The second-order valence-corrected chi connectivity index (χ2v) is 5.09. The van der Waals surface area contributed by atoms with Crippen LogP contribution in [0.5, 0.6) is 0 Å². The van der Waals surface area contributed by atoms with Crippen molar-refractivity contribution in [3.63, 3.8) is 0 Å². The van der Waals surface area contributed by atoms with E-state index in [0.717, 1.165) is 38.5 Å². The average molecular weight is 198 g/mol. The van der Waals surface area contributed by atoms with E-state index in [1.54, 1.807) is 0 Å². The van der Waals surface area contributed by atoms with Crippen LogP contribution in [-0.2, 0) is 0 Å². The van der Waals surface area contributed by atoms with Crippen molar-refractivity contribution in [2.24, 2.45) is 5.92 Å². The molecule has 0 amide bonds. The van der Waals surface area contributed by atoms with Gasteiger partial charge in [0.25, 0.3) is 0 Å². The molecule has 2 fully saturated rings. The van der Waals surface area contributed by atoms with Crippen LogP contribution in [0.25, 0.3) is 0 Å². The van der Waals surface area contributed by atoms with Gasteiger partial charge >= 0.3 is 0 Å². The molecule has 0 aromatic rings. The summed E-state index contributed by atoms with van der Waals surface area (Å²) in [4.78, 5) is 0. The quantitative estimate of drug-likeness (QED) is 0.678. The number of aliphatic hydroxyl groups is 2. The van der Waals surface area contributed by atoms with Gasteiger partial charge < -0.3 is 10.2 Å². The number of aliphatic hydroxyl groups excluding tert-OH is 1. The highest BCUT2D eigenvalue weighted by Crippen LogP contribution is 2.41. The van der Waals surface area contributed by atoms with Crippen LogP contribution in [-0.4, -0.2) is 21.9 Å². The van der Waals surface area contributed by atoms with E-state index in [1.807, 2.05) is 0 Å². The highest BCUT2D eigenvalue weighted by atomic mass is 16.3. The average Bonchev–Trinajstić information content (AvgIpc) is 2.24. The first kappa shape index (κ1) is 10.4. The number of rotatable bonds is 1. The molecule has 2 heteroatoms. The minimum Gasteiger partial charge on any atom is -0.390 e. The number of hydrogen-bond acceptors (Lipinski definition) is 2. The maximum atomic E-state index is 10.5. The fourth-order valence-electron chi connectivity index (χ4n) is 3.24. The summed E-state index contributed by atoms with van der Waals surface area (Å²) in [6.07, 6.45) is 9.34. The fraction of sp³-hybridized carbons (Fsp3) is 1.00. The molecule has 2 N–H and O–H groups in total. The Bertz CT molecular complexity index is 187. The third kappa shape index (κ3) is 1.82. The van der Waals surface area contributed by atoms with Gasteiger partial charge in [-0.25, -0.2) is 0 Å². The normalized spacial score (nSPS) is 41.1. The van der Waals surface area contributed by atoms with Crippen LogP contribution in [0.3, 0.4) is 0 Å². The molecule has 0 bridgehead atoms. The van der Waals surface area contributed by atoms with Crippen LogP contribution in [0.2, 0.25) is 0 Å². The monoisotopic (exact) mass is 198 g/mol. The SMILES string of the molecule is OC1CCCCC1(O)C1CCCCC1. The molecule has 0 radical (unpaired) electrons. The summed E-state index contributed by atoms with van der Waals surface area (Å²) in [5.74, 6) is 0.367. The zero-order chi connectivity index (χ0) is 10.0.